The van der Waals surface area contributed by atoms with Crippen LogP contribution in [0.3, 0.4) is 0 Å². The number of para-hydroxylation sites is 1. The van der Waals surface area contributed by atoms with Crippen LogP contribution in [0, 0.1) is 0 Å². The molecule has 0 bridgehead atoms. The number of hydrogen-bond acceptors (Lipinski definition) is 7. The molecule has 0 fully saturated rings. The van der Waals surface area contributed by atoms with E-state index in [0.717, 1.165) is 5.56 Å². The first-order valence-electron chi connectivity index (χ1n) is 10.5. The molecule has 0 radical (unpaired) electrons. The molecule has 0 heterocycles. The zero-order chi connectivity index (χ0) is 25.5. The lowest BCUT2D eigenvalue weighted by Gasteiger charge is -2.12. The number of carboxylic acid groups (broad SMARTS) is 1. The number of carbonyl (C=O) groups excluding carboxylic acids is 3. The monoisotopic (exact) mass is 474 g/mol. The molecule has 0 aliphatic carbocycles. The molecule has 0 amide bonds. The minimum Gasteiger partial charge on any atom is -0.478 e. The summed E-state index contributed by atoms with van der Waals surface area (Å²) in [5.41, 5.74) is 2.46. The Kier molecular flexibility index (Phi) is 7.78. The van der Waals surface area contributed by atoms with Crippen LogP contribution in [-0.4, -0.2) is 29.0 Å². The van der Waals surface area contributed by atoms with Gasteiger partial charge < -0.3 is 19.3 Å². The molecule has 35 heavy (non-hydrogen) atoms. The molecule has 3 rings (SSSR count). The molecular formula is C27H22O8. The molecule has 1 N–H and O–H groups in total. The summed E-state index contributed by atoms with van der Waals surface area (Å²) in [5, 5.41) is 9.45. The zero-order valence-corrected chi connectivity index (χ0v) is 19.2. The molecule has 3 aromatic rings. The van der Waals surface area contributed by atoms with Crippen molar-refractivity contribution < 1.29 is 38.5 Å². The number of rotatable bonds is 7. The number of hydrogen-bond donors (Lipinski definition) is 1. The Bertz CT molecular complexity index is 1290. The van der Waals surface area contributed by atoms with Crippen molar-refractivity contribution in [2.24, 2.45) is 0 Å². The highest BCUT2D eigenvalue weighted by Gasteiger charge is 2.18. The fourth-order valence-corrected chi connectivity index (χ4v) is 3.29. The Labute approximate surface area is 201 Å². The number of aromatic carboxylic acids is 1. The van der Waals surface area contributed by atoms with Crippen molar-refractivity contribution in [3.05, 3.63) is 77.4 Å². The van der Waals surface area contributed by atoms with E-state index in [-0.39, 0.29) is 22.8 Å². The van der Waals surface area contributed by atoms with E-state index in [1.54, 1.807) is 60.7 Å². The van der Waals surface area contributed by atoms with E-state index in [4.69, 9.17) is 14.2 Å². The predicted octanol–water partition coefficient (Wildman–Crippen LogP) is 5.00. The van der Waals surface area contributed by atoms with E-state index in [9.17, 15) is 24.3 Å². The fraction of sp³-hybridized carbons (Fsp3) is 0.111. The molecule has 0 aromatic heterocycles. The maximum absolute atomic E-state index is 11.6. The SMILES string of the molecule is CC(=O)Oc1cc(C=Cc2ccc(-c3cccc(C(=O)O)c3OC(C)=O)cc2)cc(OC(C)=O)c1. The summed E-state index contributed by atoms with van der Waals surface area (Å²) in [6.07, 6.45) is 3.55. The van der Waals surface area contributed by atoms with Gasteiger partial charge in [-0.3, -0.25) is 14.4 Å². The Hall–Kier alpha value is -4.72. The Morgan fingerprint density at radius 1 is 0.686 bits per heavy atom. The molecule has 8 heteroatoms. The van der Waals surface area contributed by atoms with Crippen LogP contribution in [0.4, 0.5) is 0 Å². The highest BCUT2D eigenvalue weighted by atomic mass is 16.5. The van der Waals surface area contributed by atoms with Crippen molar-refractivity contribution in [1.82, 2.24) is 0 Å². The molecule has 0 aliphatic heterocycles. The van der Waals surface area contributed by atoms with E-state index < -0.39 is 23.9 Å². The van der Waals surface area contributed by atoms with Crippen LogP contribution in [0.5, 0.6) is 17.2 Å². The van der Waals surface area contributed by atoms with Gasteiger partial charge in [0, 0.05) is 32.4 Å². The van der Waals surface area contributed by atoms with Gasteiger partial charge in [0.1, 0.15) is 17.1 Å². The van der Waals surface area contributed by atoms with Gasteiger partial charge in [0.15, 0.2) is 5.75 Å². The first kappa shape index (κ1) is 24.9. The lowest BCUT2D eigenvalue weighted by atomic mass is 9.99. The normalized spacial score (nSPS) is 10.6. The number of carbonyl (C=O) groups is 4. The predicted molar refractivity (Wildman–Crippen MR) is 128 cm³/mol. The topological polar surface area (TPSA) is 116 Å². The van der Waals surface area contributed by atoms with Gasteiger partial charge in [-0.1, -0.05) is 48.6 Å². The van der Waals surface area contributed by atoms with Gasteiger partial charge in [0.25, 0.3) is 0 Å². The van der Waals surface area contributed by atoms with Crippen LogP contribution in [0.1, 0.15) is 42.3 Å². The second-order valence-electron chi connectivity index (χ2n) is 7.46. The second kappa shape index (κ2) is 10.9. The molecule has 0 spiro atoms. The summed E-state index contributed by atoms with van der Waals surface area (Å²) in [5.74, 6) is -2.37. The Morgan fingerprint density at radius 3 is 1.74 bits per heavy atom. The third kappa shape index (κ3) is 6.88. The van der Waals surface area contributed by atoms with E-state index in [2.05, 4.69) is 0 Å². The molecule has 178 valence electrons. The van der Waals surface area contributed by atoms with Gasteiger partial charge in [-0.2, -0.15) is 0 Å². The third-order valence-corrected chi connectivity index (χ3v) is 4.61. The van der Waals surface area contributed by atoms with Gasteiger partial charge in [-0.25, -0.2) is 4.79 Å². The van der Waals surface area contributed by atoms with Crippen molar-refractivity contribution in [2.75, 3.05) is 0 Å². The standard InChI is InChI=1S/C27H22O8/c1-16(28)33-22-13-20(14-23(15-22)34-17(2)29)8-7-19-9-11-21(12-10-19)24-5-4-6-25(27(31)32)26(24)35-18(3)30/h4-15H,1-3H3,(H,31,32). The van der Waals surface area contributed by atoms with Crippen LogP contribution in [-0.2, 0) is 14.4 Å². The molecule has 0 saturated heterocycles. The van der Waals surface area contributed by atoms with Crippen LogP contribution in [0.25, 0.3) is 23.3 Å². The smallest absolute Gasteiger partial charge is 0.339 e. The molecule has 3 aromatic carbocycles. The molecule has 0 atom stereocenters. The summed E-state index contributed by atoms with van der Waals surface area (Å²) in [6, 6.07) is 16.5. The average molecular weight is 474 g/mol. The first-order valence-corrected chi connectivity index (χ1v) is 10.5. The van der Waals surface area contributed by atoms with Crippen LogP contribution in [0.2, 0.25) is 0 Å². The van der Waals surface area contributed by atoms with E-state index >= 15 is 0 Å². The highest BCUT2D eigenvalue weighted by Crippen LogP contribution is 2.34. The molecular weight excluding hydrogens is 452 g/mol. The van der Waals surface area contributed by atoms with E-state index in [1.807, 2.05) is 0 Å². The van der Waals surface area contributed by atoms with Crippen LogP contribution >= 0.6 is 0 Å². The fourth-order valence-electron chi connectivity index (χ4n) is 3.29. The molecule has 0 unspecified atom stereocenters. The van der Waals surface area contributed by atoms with Crippen molar-refractivity contribution >= 4 is 36.0 Å². The number of ether oxygens (including phenoxy) is 3. The van der Waals surface area contributed by atoms with Gasteiger partial charge in [-0.05, 0) is 34.9 Å². The second-order valence-corrected chi connectivity index (χ2v) is 7.46. The summed E-state index contributed by atoms with van der Waals surface area (Å²) in [6.45, 7) is 3.75. The average Bonchev–Trinajstić information content (AvgIpc) is 2.76. The molecule has 0 aliphatic rings. The Morgan fingerprint density at radius 2 is 1.23 bits per heavy atom. The van der Waals surface area contributed by atoms with Crippen molar-refractivity contribution in [2.45, 2.75) is 20.8 Å². The van der Waals surface area contributed by atoms with E-state index in [1.165, 1.54) is 32.9 Å². The lowest BCUT2D eigenvalue weighted by molar-refractivity contribution is -0.133. The lowest BCUT2D eigenvalue weighted by Crippen LogP contribution is -2.08. The number of carboxylic acids is 1. The summed E-state index contributed by atoms with van der Waals surface area (Å²) < 4.78 is 15.4. The van der Waals surface area contributed by atoms with Gasteiger partial charge in [0.2, 0.25) is 0 Å². The zero-order valence-electron chi connectivity index (χ0n) is 19.2. The summed E-state index contributed by atoms with van der Waals surface area (Å²) >= 11 is 0. The third-order valence-electron chi connectivity index (χ3n) is 4.61. The quantitative estimate of drug-likeness (QED) is 0.289. The number of benzene rings is 3. The van der Waals surface area contributed by atoms with Crippen molar-refractivity contribution in [1.29, 1.82) is 0 Å². The van der Waals surface area contributed by atoms with Crippen molar-refractivity contribution in [3.63, 3.8) is 0 Å². The van der Waals surface area contributed by atoms with Crippen LogP contribution in [0.15, 0.2) is 60.7 Å². The molecule has 0 saturated carbocycles. The summed E-state index contributed by atoms with van der Waals surface area (Å²) in [7, 11) is 0. The van der Waals surface area contributed by atoms with Gasteiger partial charge in [-0.15, -0.1) is 0 Å². The minimum absolute atomic E-state index is 0.0175. The van der Waals surface area contributed by atoms with Gasteiger partial charge in [0.05, 0.1) is 0 Å². The highest BCUT2D eigenvalue weighted by molar-refractivity contribution is 5.95. The Balaban J connectivity index is 1.91. The minimum atomic E-state index is -1.20. The van der Waals surface area contributed by atoms with Crippen molar-refractivity contribution in [3.8, 4) is 28.4 Å². The first-order chi connectivity index (χ1) is 16.6. The maximum Gasteiger partial charge on any atom is 0.339 e. The van der Waals surface area contributed by atoms with Crippen LogP contribution < -0.4 is 14.2 Å². The maximum atomic E-state index is 11.6. The number of esters is 3. The molecule has 8 nitrogen and oxygen atoms in total. The summed E-state index contributed by atoms with van der Waals surface area (Å²) in [4.78, 5) is 45.7. The van der Waals surface area contributed by atoms with E-state index in [0.29, 0.717) is 16.7 Å². The largest absolute Gasteiger partial charge is 0.478 e. The van der Waals surface area contributed by atoms with Gasteiger partial charge >= 0.3 is 23.9 Å².